The van der Waals surface area contributed by atoms with Crippen LogP contribution in [0.4, 0.5) is 0 Å². The number of H-pyrrole nitrogens is 1. The summed E-state index contributed by atoms with van der Waals surface area (Å²) in [5.41, 5.74) is 2.96. The highest BCUT2D eigenvalue weighted by Crippen LogP contribution is 2.16. The third-order valence-electron chi connectivity index (χ3n) is 3.73. The van der Waals surface area contributed by atoms with E-state index in [2.05, 4.69) is 15.3 Å². The van der Waals surface area contributed by atoms with Gasteiger partial charge in [0.25, 0.3) is 5.91 Å². The number of amides is 1. The number of hydrogen-bond acceptors (Lipinski definition) is 3. The second kappa shape index (κ2) is 6.44. The van der Waals surface area contributed by atoms with Crippen molar-refractivity contribution in [3.05, 3.63) is 65.6 Å². The topological polar surface area (TPSA) is 74.8 Å². The van der Waals surface area contributed by atoms with Crippen LogP contribution in [0.3, 0.4) is 0 Å². The summed E-state index contributed by atoms with van der Waals surface area (Å²) in [6, 6.07) is 11.5. The van der Waals surface area contributed by atoms with Gasteiger partial charge >= 0.3 is 0 Å². The van der Waals surface area contributed by atoms with Crippen LogP contribution in [0.5, 0.6) is 0 Å². The molecule has 0 fully saturated rings. The quantitative estimate of drug-likeness (QED) is 0.712. The minimum absolute atomic E-state index is 0.0675. The maximum Gasteiger partial charge on any atom is 0.267 e. The van der Waals surface area contributed by atoms with Gasteiger partial charge in [0.15, 0.2) is 5.78 Å². The van der Waals surface area contributed by atoms with Gasteiger partial charge in [-0.15, -0.1) is 0 Å². The summed E-state index contributed by atoms with van der Waals surface area (Å²) in [6.07, 6.45) is 4.01. The molecule has 2 aromatic heterocycles. The summed E-state index contributed by atoms with van der Waals surface area (Å²) in [4.78, 5) is 30.5. The average molecular weight is 307 g/mol. The lowest BCUT2D eigenvalue weighted by atomic mass is 10.1. The van der Waals surface area contributed by atoms with Gasteiger partial charge in [-0.3, -0.25) is 14.6 Å². The van der Waals surface area contributed by atoms with Crippen LogP contribution >= 0.6 is 0 Å². The molecule has 2 heterocycles. The molecular weight excluding hydrogens is 290 g/mol. The second-order valence-corrected chi connectivity index (χ2v) is 5.36. The van der Waals surface area contributed by atoms with Gasteiger partial charge in [-0.05, 0) is 31.0 Å². The van der Waals surface area contributed by atoms with Crippen LogP contribution < -0.4 is 5.32 Å². The van der Waals surface area contributed by atoms with Crippen LogP contribution in [-0.4, -0.2) is 28.2 Å². The zero-order chi connectivity index (χ0) is 16.2. The van der Waals surface area contributed by atoms with Gasteiger partial charge in [-0.1, -0.05) is 24.3 Å². The number of aromatic amines is 1. The smallest absolute Gasteiger partial charge is 0.267 e. The van der Waals surface area contributed by atoms with Crippen molar-refractivity contribution in [3.8, 4) is 0 Å². The van der Waals surface area contributed by atoms with E-state index in [1.165, 1.54) is 6.92 Å². The first kappa shape index (κ1) is 15.0. The number of para-hydroxylation sites is 1. The van der Waals surface area contributed by atoms with Crippen LogP contribution in [0.15, 0.2) is 48.8 Å². The lowest BCUT2D eigenvalue weighted by Gasteiger charge is -2.06. The number of benzene rings is 1. The summed E-state index contributed by atoms with van der Waals surface area (Å²) in [5.74, 6) is -0.284. The monoisotopic (exact) mass is 307 g/mol. The van der Waals surface area contributed by atoms with Gasteiger partial charge in [0, 0.05) is 29.9 Å². The first-order chi connectivity index (χ1) is 11.1. The molecule has 0 saturated heterocycles. The molecular formula is C18H17N3O2. The predicted octanol–water partition coefficient (Wildman–Crippen LogP) is 2.74. The van der Waals surface area contributed by atoms with Gasteiger partial charge in [0.1, 0.15) is 5.69 Å². The van der Waals surface area contributed by atoms with Gasteiger partial charge in [-0.25, -0.2) is 0 Å². The number of rotatable bonds is 5. The van der Waals surface area contributed by atoms with Gasteiger partial charge in [0.05, 0.1) is 5.52 Å². The first-order valence-electron chi connectivity index (χ1n) is 7.45. The fourth-order valence-electron chi connectivity index (χ4n) is 2.50. The van der Waals surface area contributed by atoms with E-state index in [0.717, 1.165) is 16.5 Å². The van der Waals surface area contributed by atoms with Crippen molar-refractivity contribution >= 4 is 22.6 Å². The number of hydrogen-bond donors (Lipinski definition) is 2. The maximum atomic E-state index is 12.1. The molecule has 2 N–H and O–H groups in total. The van der Waals surface area contributed by atoms with Crippen LogP contribution in [0.1, 0.15) is 33.3 Å². The number of carbonyl (C=O) groups is 2. The number of nitrogens with one attached hydrogen (secondary N) is 2. The average Bonchev–Trinajstić information content (AvgIpc) is 3.05. The van der Waals surface area contributed by atoms with Gasteiger partial charge in [0.2, 0.25) is 0 Å². The Kier molecular flexibility index (Phi) is 4.19. The molecule has 0 atom stereocenters. The normalized spacial score (nSPS) is 10.7. The van der Waals surface area contributed by atoms with E-state index >= 15 is 0 Å². The Hall–Kier alpha value is -2.95. The summed E-state index contributed by atoms with van der Waals surface area (Å²) in [7, 11) is 0. The number of pyridine rings is 1. The molecule has 0 spiro atoms. The largest absolute Gasteiger partial charge is 0.356 e. The molecule has 1 aromatic carbocycles. The van der Waals surface area contributed by atoms with Crippen molar-refractivity contribution in [2.75, 3.05) is 6.54 Å². The standard InChI is InChI=1S/C18H17N3O2/c1-12(22)15-10-16(21-11-15)18(23)20-9-7-14-5-2-4-13-6-3-8-19-17(13)14/h2-6,8,10-11,21H,7,9H2,1H3,(H,20,23). The van der Waals surface area contributed by atoms with Crippen molar-refractivity contribution in [2.24, 2.45) is 0 Å². The number of Topliss-reactive ketones (excluding diaryl/α,β-unsaturated/α-hetero) is 1. The lowest BCUT2D eigenvalue weighted by molar-refractivity contribution is 0.0949. The lowest BCUT2D eigenvalue weighted by Crippen LogP contribution is -2.26. The molecule has 0 unspecified atom stereocenters. The Morgan fingerprint density at radius 2 is 2.04 bits per heavy atom. The predicted molar refractivity (Wildman–Crippen MR) is 88.6 cm³/mol. The van der Waals surface area contributed by atoms with E-state index in [4.69, 9.17) is 0 Å². The molecule has 0 saturated carbocycles. The van der Waals surface area contributed by atoms with Crippen LogP contribution in [0.25, 0.3) is 10.9 Å². The Morgan fingerprint density at radius 1 is 1.22 bits per heavy atom. The van der Waals surface area contributed by atoms with Crippen molar-refractivity contribution in [2.45, 2.75) is 13.3 Å². The minimum atomic E-state index is -0.217. The Bertz CT molecular complexity index is 862. The Morgan fingerprint density at radius 3 is 2.83 bits per heavy atom. The van der Waals surface area contributed by atoms with E-state index in [-0.39, 0.29) is 11.7 Å². The SMILES string of the molecule is CC(=O)c1c[nH]c(C(=O)NCCc2cccc3cccnc23)c1. The fraction of sp³-hybridized carbons (Fsp3) is 0.167. The summed E-state index contributed by atoms with van der Waals surface area (Å²) >= 11 is 0. The third-order valence-corrected chi connectivity index (χ3v) is 3.73. The molecule has 0 aliphatic carbocycles. The number of nitrogens with zero attached hydrogens (tertiary/aromatic N) is 1. The zero-order valence-electron chi connectivity index (χ0n) is 12.8. The summed E-state index contributed by atoms with van der Waals surface area (Å²) in [6.45, 7) is 1.97. The van der Waals surface area contributed by atoms with E-state index < -0.39 is 0 Å². The highest BCUT2D eigenvalue weighted by Gasteiger charge is 2.10. The Balaban J connectivity index is 1.64. The second-order valence-electron chi connectivity index (χ2n) is 5.36. The molecule has 3 rings (SSSR count). The number of ketones is 1. The molecule has 0 aliphatic heterocycles. The van der Waals surface area contributed by atoms with Crippen LogP contribution in [0, 0.1) is 0 Å². The first-order valence-corrected chi connectivity index (χ1v) is 7.45. The molecule has 1 amide bonds. The van der Waals surface area contributed by atoms with Crippen LogP contribution in [0.2, 0.25) is 0 Å². The van der Waals surface area contributed by atoms with Gasteiger partial charge in [-0.2, -0.15) is 0 Å². The molecule has 116 valence electrons. The van der Waals surface area contributed by atoms with E-state index in [9.17, 15) is 9.59 Å². The number of aromatic nitrogens is 2. The molecule has 23 heavy (non-hydrogen) atoms. The highest BCUT2D eigenvalue weighted by molar-refractivity contribution is 5.99. The van der Waals surface area contributed by atoms with E-state index in [1.54, 1.807) is 18.5 Å². The zero-order valence-corrected chi connectivity index (χ0v) is 12.8. The molecule has 0 aliphatic rings. The van der Waals surface area contributed by atoms with Crippen LogP contribution in [-0.2, 0) is 6.42 Å². The highest BCUT2D eigenvalue weighted by atomic mass is 16.2. The molecule has 5 heteroatoms. The Labute approximate surface area is 133 Å². The third kappa shape index (κ3) is 3.29. The van der Waals surface area contributed by atoms with Crippen molar-refractivity contribution in [1.29, 1.82) is 0 Å². The van der Waals surface area contributed by atoms with E-state index in [0.29, 0.717) is 24.2 Å². The van der Waals surface area contributed by atoms with Crippen molar-refractivity contribution in [1.82, 2.24) is 15.3 Å². The van der Waals surface area contributed by atoms with E-state index in [1.807, 2.05) is 30.3 Å². The maximum absolute atomic E-state index is 12.1. The van der Waals surface area contributed by atoms with Gasteiger partial charge < -0.3 is 10.3 Å². The number of fused-ring (bicyclic) bond motifs is 1. The molecule has 0 radical (unpaired) electrons. The molecule has 5 nitrogen and oxygen atoms in total. The minimum Gasteiger partial charge on any atom is -0.356 e. The molecule has 3 aromatic rings. The summed E-state index contributed by atoms with van der Waals surface area (Å²) < 4.78 is 0. The number of carbonyl (C=O) groups excluding carboxylic acids is 2. The molecule has 0 bridgehead atoms. The van der Waals surface area contributed by atoms with Crippen molar-refractivity contribution < 1.29 is 9.59 Å². The van der Waals surface area contributed by atoms with Crippen molar-refractivity contribution in [3.63, 3.8) is 0 Å². The summed E-state index contributed by atoms with van der Waals surface area (Å²) in [5, 5.41) is 3.94. The fourth-order valence-corrected chi connectivity index (χ4v) is 2.50.